The highest BCUT2D eigenvalue weighted by Gasteiger charge is 2.33. The van der Waals surface area contributed by atoms with Gasteiger partial charge in [-0.1, -0.05) is 0 Å². The second-order valence-electron chi connectivity index (χ2n) is 2.59. The molecule has 0 aromatic heterocycles. The Hall–Kier alpha value is 0.890. The lowest BCUT2D eigenvalue weighted by Gasteiger charge is -2.18. The van der Waals surface area contributed by atoms with E-state index < -0.39 is 19.3 Å². The lowest BCUT2D eigenvalue weighted by atomic mass is 10.9. The Morgan fingerprint density at radius 2 is 1.79 bits per heavy atom. The zero-order valence-electron chi connectivity index (χ0n) is 9.16. The van der Waals surface area contributed by atoms with Gasteiger partial charge in [0.05, 0.1) is 0 Å². The highest BCUT2D eigenvalue weighted by atomic mass is 35.9. The number of halogens is 4. The van der Waals surface area contributed by atoms with Crippen LogP contribution in [-0.2, 0) is 0 Å². The highest BCUT2D eigenvalue weighted by molar-refractivity contribution is 8.17. The maximum atomic E-state index is 6.12. The van der Waals surface area contributed by atoms with Crippen LogP contribution in [0.25, 0.3) is 0 Å². The summed E-state index contributed by atoms with van der Waals surface area (Å²) in [4.78, 5) is 11.1. The molecule has 16 heteroatoms. The van der Waals surface area contributed by atoms with E-state index >= 15 is 0 Å². The summed E-state index contributed by atoms with van der Waals surface area (Å²) < 4.78 is 15.4. The van der Waals surface area contributed by atoms with Crippen molar-refractivity contribution in [3.63, 3.8) is 0 Å². The number of nitrogens with zero attached hydrogens (tertiary/aromatic N) is 8. The third kappa shape index (κ3) is 6.03. The predicted octanol–water partition coefficient (Wildman–Crippen LogP) is 8.00. The minimum Gasteiger partial charge on any atom is -0.227 e. The summed E-state index contributed by atoms with van der Waals surface area (Å²) in [5, 5.41) is 3.58. The molecule has 0 fully saturated rings. The molecule has 0 aromatic rings. The fraction of sp³-hybridized carbons (Fsp3) is 0.333. The Balaban J connectivity index is 3.22. The van der Waals surface area contributed by atoms with Crippen molar-refractivity contribution in [2.75, 3.05) is 0 Å². The number of rotatable bonds is 4. The van der Waals surface area contributed by atoms with E-state index in [2.05, 4.69) is 44.8 Å². The molecule has 0 saturated carbocycles. The zero-order chi connectivity index (χ0) is 14.6. The van der Waals surface area contributed by atoms with Crippen molar-refractivity contribution in [2.24, 2.45) is 38.0 Å². The van der Waals surface area contributed by atoms with Crippen LogP contribution in [0.5, 0.6) is 0 Å². The van der Waals surface area contributed by atoms with Gasteiger partial charge in [-0.2, -0.15) is 18.6 Å². The van der Waals surface area contributed by atoms with E-state index in [9.17, 15) is 0 Å². The summed E-state index contributed by atoms with van der Waals surface area (Å²) in [6.45, 7) is -1.15. The summed E-state index contributed by atoms with van der Waals surface area (Å²) in [5.41, 5.74) is 0. The third-order valence-corrected chi connectivity index (χ3v) is 13.2. The molecule has 1 rings (SSSR count). The zero-order valence-corrected chi connectivity index (χ0v) is 15.8. The van der Waals surface area contributed by atoms with Gasteiger partial charge in [-0.25, -0.2) is 4.76 Å². The van der Waals surface area contributed by atoms with Gasteiger partial charge in [0.1, 0.15) is 0 Å². The van der Waals surface area contributed by atoms with Crippen LogP contribution >= 0.6 is 72.8 Å². The molecule has 1 heterocycles. The van der Waals surface area contributed by atoms with Crippen molar-refractivity contribution in [1.29, 1.82) is 0 Å². The van der Waals surface area contributed by atoms with Gasteiger partial charge in [0, 0.05) is 6.21 Å². The SMILES string of the molecule is C=NP1(Cl)=NP(Cl)(N=NP=N/N=C/C)=NP(Cl)(Cl)=N1. The first-order valence-electron chi connectivity index (χ1n) is 4.23. The molecule has 0 saturated heterocycles. The molecule has 0 spiro atoms. The third-order valence-electron chi connectivity index (χ3n) is 1.25. The van der Waals surface area contributed by atoms with Crippen LogP contribution in [0.1, 0.15) is 6.92 Å². The summed E-state index contributed by atoms with van der Waals surface area (Å²) in [7, 11) is 0.221. The highest BCUT2D eigenvalue weighted by Crippen LogP contribution is 2.85. The molecule has 1 aliphatic heterocycles. The Labute approximate surface area is 130 Å². The molecule has 0 radical (unpaired) electrons. The molecule has 0 N–H and O–H groups in total. The van der Waals surface area contributed by atoms with Crippen LogP contribution in [0.4, 0.5) is 0 Å². The van der Waals surface area contributed by atoms with E-state index in [4.69, 9.17) is 45.0 Å². The monoisotopic (exact) mass is 418 g/mol. The summed E-state index contributed by atoms with van der Waals surface area (Å²) in [6.07, 6.45) is 1.49. The van der Waals surface area contributed by atoms with Crippen LogP contribution in [0.3, 0.4) is 0 Å². The average Bonchev–Trinajstić information content (AvgIpc) is 2.25. The first-order valence-corrected chi connectivity index (χ1v) is 13.6. The van der Waals surface area contributed by atoms with Crippen molar-refractivity contribution in [3.05, 3.63) is 0 Å². The second kappa shape index (κ2) is 7.24. The predicted molar refractivity (Wildman–Crippen MR) is 89.4 cm³/mol. The van der Waals surface area contributed by atoms with Crippen molar-refractivity contribution in [3.8, 4) is 0 Å². The number of hydrogen-bond acceptors (Lipinski definition) is 6. The molecule has 19 heavy (non-hydrogen) atoms. The van der Waals surface area contributed by atoms with Crippen molar-refractivity contribution in [2.45, 2.75) is 6.92 Å². The lowest BCUT2D eigenvalue weighted by molar-refractivity contribution is 1.28. The van der Waals surface area contributed by atoms with Crippen molar-refractivity contribution in [1.82, 2.24) is 0 Å². The molecule has 106 valence electrons. The molecule has 0 aromatic carbocycles. The Morgan fingerprint density at radius 1 is 1.11 bits per heavy atom. The summed E-state index contributed by atoms with van der Waals surface area (Å²) in [5.74, 6) is -3.07. The quantitative estimate of drug-likeness (QED) is 0.191. The van der Waals surface area contributed by atoms with Gasteiger partial charge in [-0.3, -0.25) is 0 Å². The second-order valence-corrected chi connectivity index (χ2v) is 14.7. The van der Waals surface area contributed by atoms with Crippen LogP contribution in [-0.4, -0.2) is 12.9 Å². The van der Waals surface area contributed by atoms with E-state index in [1.165, 1.54) is 6.21 Å². The van der Waals surface area contributed by atoms with E-state index in [1.807, 2.05) is 0 Å². The van der Waals surface area contributed by atoms with E-state index in [1.54, 1.807) is 6.92 Å². The number of hydrogen-bond donors (Lipinski definition) is 0. The van der Waals surface area contributed by atoms with Crippen LogP contribution in [0.15, 0.2) is 38.0 Å². The largest absolute Gasteiger partial charge is 0.302 e. The Morgan fingerprint density at radius 3 is 2.37 bits per heavy atom. The Kier molecular flexibility index (Phi) is 6.84. The topological polar surface area (TPSA) is 98.9 Å². The molecule has 2 atom stereocenters. The van der Waals surface area contributed by atoms with Crippen molar-refractivity contribution < 1.29 is 0 Å². The minimum atomic E-state index is -3.13. The lowest BCUT2D eigenvalue weighted by Crippen LogP contribution is -1.69. The van der Waals surface area contributed by atoms with Crippen LogP contribution < -0.4 is 0 Å². The maximum Gasteiger partial charge on any atom is 0.302 e. The van der Waals surface area contributed by atoms with Gasteiger partial charge in [0.25, 0.3) is 12.6 Å². The first-order chi connectivity index (χ1) is 8.74. The fourth-order valence-corrected chi connectivity index (χ4v) is 15.6. The van der Waals surface area contributed by atoms with E-state index in [0.29, 0.717) is 0 Å². The van der Waals surface area contributed by atoms with Gasteiger partial charge in [-0.05, 0) is 58.6 Å². The van der Waals surface area contributed by atoms with Gasteiger partial charge in [0.15, 0.2) is 0 Å². The summed E-state index contributed by atoms with van der Waals surface area (Å²) in [6, 6.07) is 0. The molecular formula is C3H6Cl4N8P4. The van der Waals surface area contributed by atoms with Gasteiger partial charge in [0.2, 0.25) is 8.52 Å². The van der Waals surface area contributed by atoms with E-state index in [0.717, 1.165) is 0 Å². The van der Waals surface area contributed by atoms with Crippen LogP contribution in [0.2, 0.25) is 0 Å². The fourth-order valence-electron chi connectivity index (χ4n) is 0.726. The van der Waals surface area contributed by atoms with Gasteiger partial charge >= 0.3 is 6.71 Å². The molecule has 0 aliphatic carbocycles. The molecular weight excluding hydrogens is 414 g/mol. The normalized spacial score (nSPS) is 34.2. The van der Waals surface area contributed by atoms with Gasteiger partial charge < -0.3 is 0 Å². The smallest absolute Gasteiger partial charge is 0.227 e. The maximum absolute atomic E-state index is 6.12. The molecule has 2 unspecified atom stereocenters. The molecule has 8 nitrogen and oxygen atoms in total. The molecule has 0 bridgehead atoms. The Bertz CT molecular complexity index is 613. The molecule has 0 amide bonds. The van der Waals surface area contributed by atoms with Crippen molar-refractivity contribution >= 4 is 85.7 Å². The standard InChI is InChI=1S/C3H6Cl4N8P4/c1-3-9-10-16-11-12-19(7)14-17(4,5)13-18(6,8-2)15-19/h3H,2H2,1H3/b9-3+,12-11?. The summed E-state index contributed by atoms with van der Waals surface area (Å²) >= 11 is 24.0. The minimum absolute atomic E-state index is 0.221. The van der Waals surface area contributed by atoms with Crippen LogP contribution in [0, 0.1) is 0 Å². The average molecular weight is 420 g/mol. The first kappa shape index (κ1) is 17.9. The van der Waals surface area contributed by atoms with E-state index in [-0.39, 0.29) is 8.52 Å². The van der Waals surface area contributed by atoms with Gasteiger partial charge in [-0.15, -0.1) is 14.6 Å². The molecule has 1 aliphatic rings.